The van der Waals surface area contributed by atoms with Gasteiger partial charge in [0, 0.05) is 0 Å². The predicted molar refractivity (Wildman–Crippen MR) is 26.7 cm³/mol. The molecule has 2 atom stereocenters. The van der Waals surface area contributed by atoms with Gasteiger partial charge in [-0.2, -0.15) is 17.6 Å². The molecule has 1 aliphatic heterocycles. The molecule has 72 valence electrons. The maximum Gasteiger partial charge on any atom is 0.362 e. The SMILES string of the molecule is OC1OCC(F)C(F)(F)C1(F)F. The first-order valence-electron chi connectivity index (χ1n) is 2.99. The molecule has 0 aromatic carbocycles. The van der Waals surface area contributed by atoms with Crippen molar-refractivity contribution < 1.29 is 31.8 Å². The fraction of sp³-hybridized carbons (Fsp3) is 1.00. The molecule has 0 amide bonds. The van der Waals surface area contributed by atoms with Gasteiger partial charge in [-0.3, -0.25) is 0 Å². The number of aliphatic hydroxyl groups is 1. The Kier molecular flexibility index (Phi) is 2.03. The molecule has 0 aliphatic carbocycles. The third-order valence-electron chi connectivity index (χ3n) is 1.55. The van der Waals surface area contributed by atoms with Gasteiger partial charge >= 0.3 is 11.8 Å². The van der Waals surface area contributed by atoms with Gasteiger partial charge in [0.05, 0.1) is 6.61 Å². The van der Waals surface area contributed by atoms with Crippen LogP contribution in [-0.2, 0) is 4.74 Å². The third-order valence-corrected chi connectivity index (χ3v) is 1.55. The first-order valence-corrected chi connectivity index (χ1v) is 2.99. The van der Waals surface area contributed by atoms with E-state index in [2.05, 4.69) is 4.74 Å². The number of aliphatic hydroxyl groups excluding tert-OH is 1. The van der Waals surface area contributed by atoms with Crippen LogP contribution in [0.3, 0.4) is 0 Å². The molecule has 1 fully saturated rings. The first kappa shape index (κ1) is 9.66. The number of alkyl halides is 5. The van der Waals surface area contributed by atoms with E-state index in [0.29, 0.717) is 0 Å². The van der Waals surface area contributed by atoms with Crippen molar-refractivity contribution in [2.24, 2.45) is 0 Å². The topological polar surface area (TPSA) is 29.5 Å². The monoisotopic (exact) mass is 192 g/mol. The Hall–Kier alpha value is -0.430. The molecule has 0 spiro atoms. The van der Waals surface area contributed by atoms with E-state index in [1.54, 1.807) is 0 Å². The Labute approximate surface area is 63.9 Å². The van der Waals surface area contributed by atoms with E-state index in [4.69, 9.17) is 5.11 Å². The van der Waals surface area contributed by atoms with E-state index < -0.39 is 30.9 Å². The highest BCUT2D eigenvalue weighted by molar-refractivity contribution is 4.96. The molecule has 1 N–H and O–H groups in total. The van der Waals surface area contributed by atoms with E-state index in [9.17, 15) is 22.0 Å². The fourth-order valence-electron chi connectivity index (χ4n) is 0.758. The summed E-state index contributed by atoms with van der Waals surface area (Å²) in [5.41, 5.74) is 0. The van der Waals surface area contributed by atoms with Crippen LogP contribution in [0, 0.1) is 0 Å². The highest BCUT2D eigenvalue weighted by Gasteiger charge is 2.69. The largest absolute Gasteiger partial charge is 0.363 e. The molecule has 0 bridgehead atoms. The number of hydrogen-bond donors (Lipinski definition) is 1. The van der Waals surface area contributed by atoms with Crippen LogP contribution >= 0.6 is 0 Å². The van der Waals surface area contributed by atoms with E-state index in [1.807, 2.05) is 0 Å². The summed E-state index contributed by atoms with van der Waals surface area (Å²) in [7, 11) is 0. The smallest absolute Gasteiger partial charge is 0.362 e. The van der Waals surface area contributed by atoms with Crippen molar-refractivity contribution in [2.45, 2.75) is 24.3 Å². The second-order valence-electron chi connectivity index (χ2n) is 2.40. The molecule has 1 rings (SSSR count). The molecule has 2 unspecified atom stereocenters. The van der Waals surface area contributed by atoms with Gasteiger partial charge < -0.3 is 9.84 Å². The van der Waals surface area contributed by atoms with E-state index >= 15 is 0 Å². The Bertz CT molecular complexity index is 163. The number of rotatable bonds is 0. The number of ether oxygens (including phenoxy) is 1. The van der Waals surface area contributed by atoms with Gasteiger partial charge in [-0.1, -0.05) is 0 Å². The summed E-state index contributed by atoms with van der Waals surface area (Å²) in [5, 5.41) is 8.27. The summed E-state index contributed by atoms with van der Waals surface area (Å²) < 4.78 is 64.9. The molecule has 1 heterocycles. The van der Waals surface area contributed by atoms with E-state index in [-0.39, 0.29) is 0 Å². The van der Waals surface area contributed by atoms with Crippen LogP contribution in [0.25, 0.3) is 0 Å². The lowest BCUT2D eigenvalue weighted by atomic mass is 10.0. The fourth-order valence-corrected chi connectivity index (χ4v) is 0.758. The molecule has 7 heteroatoms. The summed E-state index contributed by atoms with van der Waals surface area (Å²) in [6.45, 7) is -1.23. The summed E-state index contributed by atoms with van der Waals surface area (Å²) >= 11 is 0. The van der Waals surface area contributed by atoms with Gasteiger partial charge in [0.1, 0.15) is 0 Å². The van der Waals surface area contributed by atoms with Gasteiger partial charge in [-0.15, -0.1) is 0 Å². The van der Waals surface area contributed by atoms with Crippen molar-refractivity contribution in [3.8, 4) is 0 Å². The molecule has 0 aromatic rings. The van der Waals surface area contributed by atoms with Crippen LogP contribution < -0.4 is 0 Å². The molecular formula is C5H5F5O2. The Morgan fingerprint density at radius 1 is 1.17 bits per heavy atom. The zero-order valence-electron chi connectivity index (χ0n) is 5.61. The number of halogens is 5. The normalized spacial score (nSPS) is 39.5. The predicted octanol–water partition coefficient (Wildman–Crippen LogP) is 0.944. The van der Waals surface area contributed by atoms with Gasteiger partial charge in [0.15, 0.2) is 6.17 Å². The lowest BCUT2D eigenvalue weighted by Gasteiger charge is -2.36. The third kappa shape index (κ3) is 1.08. The maximum atomic E-state index is 12.3. The highest BCUT2D eigenvalue weighted by Crippen LogP contribution is 2.44. The Balaban J connectivity index is 2.92. The molecule has 0 aromatic heterocycles. The lowest BCUT2D eigenvalue weighted by Crippen LogP contribution is -2.61. The van der Waals surface area contributed by atoms with Crippen molar-refractivity contribution in [1.82, 2.24) is 0 Å². The van der Waals surface area contributed by atoms with Crippen molar-refractivity contribution in [1.29, 1.82) is 0 Å². The van der Waals surface area contributed by atoms with Crippen LogP contribution in [-0.4, -0.2) is 36.0 Å². The standard InChI is InChI=1S/C5H5F5O2/c6-2-1-12-3(11)5(9,10)4(2,7)8/h2-3,11H,1H2. The second kappa shape index (κ2) is 2.53. The van der Waals surface area contributed by atoms with E-state index in [1.165, 1.54) is 0 Å². The van der Waals surface area contributed by atoms with Gasteiger partial charge in [-0.25, -0.2) is 4.39 Å². The molecule has 1 aliphatic rings. The van der Waals surface area contributed by atoms with Crippen LogP contribution in [0.5, 0.6) is 0 Å². The molecule has 0 saturated carbocycles. The van der Waals surface area contributed by atoms with Gasteiger partial charge in [-0.05, 0) is 0 Å². The summed E-state index contributed by atoms with van der Waals surface area (Å²) in [6.07, 6.45) is -6.03. The summed E-state index contributed by atoms with van der Waals surface area (Å²) in [5.74, 6) is -9.74. The molecular weight excluding hydrogens is 187 g/mol. The van der Waals surface area contributed by atoms with Gasteiger partial charge in [0.2, 0.25) is 6.29 Å². The minimum atomic E-state index is -4.87. The molecule has 1 saturated heterocycles. The zero-order chi connectivity index (χ0) is 9.57. The summed E-state index contributed by atoms with van der Waals surface area (Å²) in [6, 6.07) is 0. The van der Waals surface area contributed by atoms with Crippen LogP contribution in [0.4, 0.5) is 22.0 Å². The second-order valence-corrected chi connectivity index (χ2v) is 2.40. The number of hydrogen-bond acceptors (Lipinski definition) is 2. The quantitative estimate of drug-likeness (QED) is 0.579. The lowest BCUT2D eigenvalue weighted by molar-refractivity contribution is -0.366. The Morgan fingerprint density at radius 2 is 1.67 bits per heavy atom. The van der Waals surface area contributed by atoms with Crippen molar-refractivity contribution in [3.05, 3.63) is 0 Å². The average Bonchev–Trinajstić information content (AvgIpc) is 1.96. The van der Waals surface area contributed by atoms with Crippen LogP contribution in [0.15, 0.2) is 0 Å². The van der Waals surface area contributed by atoms with Crippen molar-refractivity contribution in [3.63, 3.8) is 0 Å². The van der Waals surface area contributed by atoms with Crippen molar-refractivity contribution in [2.75, 3.05) is 6.61 Å². The average molecular weight is 192 g/mol. The minimum absolute atomic E-state index is 1.23. The summed E-state index contributed by atoms with van der Waals surface area (Å²) in [4.78, 5) is 0. The zero-order valence-corrected chi connectivity index (χ0v) is 5.61. The van der Waals surface area contributed by atoms with E-state index in [0.717, 1.165) is 0 Å². The minimum Gasteiger partial charge on any atom is -0.363 e. The Morgan fingerprint density at radius 3 is 2.08 bits per heavy atom. The van der Waals surface area contributed by atoms with Gasteiger partial charge in [0.25, 0.3) is 0 Å². The van der Waals surface area contributed by atoms with Crippen molar-refractivity contribution >= 4 is 0 Å². The van der Waals surface area contributed by atoms with Crippen LogP contribution in [0.2, 0.25) is 0 Å². The molecule has 12 heavy (non-hydrogen) atoms. The van der Waals surface area contributed by atoms with Crippen LogP contribution in [0.1, 0.15) is 0 Å². The molecule has 2 nitrogen and oxygen atoms in total. The first-order chi connectivity index (χ1) is 5.30. The highest BCUT2D eigenvalue weighted by atomic mass is 19.3. The molecule has 0 radical (unpaired) electrons. The maximum absolute atomic E-state index is 12.3.